The van der Waals surface area contributed by atoms with Crippen molar-refractivity contribution in [2.24, 2.45) is 0 Å². The lowest BCUT2D eigenvalue weighted by atomic mass is 9.87. The first-order valence-electron chi connectivity index (χ1n) is 9.74. The first-order valence-corrected chi connectivity index (χ1v) is 10.6. The van der Waals surface area contributed by atoms with E-state index in [4.69, 9.17) is 4.74 Å². The average molecular weight is 415 g/mol. The summed E-state index contributed by atoms with van der Waals surface area (Å²) in [5, 5.41) is 6.14. The Labute approximate surface area is 174 Å². The monoisotopic (exact) mass is 414 g/mol. The number of thiophene rings is 1. The van der Waals surface area contributed by atoms with Gasteiger partial charge >= 0.3 is 5.97 Å². The van der Waals surface area contributed by atoms with Gasteiger partial charge in [-0.2, -0.15) is 0 Å². The second-order valence-electron chi connectivity index (χ2n) is 7.37. The van der Waals surface area contributed by atoms with Gasteiger partial charge in [-0.3, -0.25) is 9.59 Å². The van der Waals surface area contributed by atoms with Gasteiger partial charge in [0.15, 0.2) is 6.10 Å². The number of benzene rings is 1. The fourth-order valence-corrected chi connectivity index (χ4v) is 4.68. The molecule has 3 rings (SSSR count). The van der Waals surface area contributed by atoms with Gasteiger partial charge in [0.25, 0.3) is 5.91 Å². The Hall–Kier alpha value is -2.67. The maximum Gasteiger partial charge on any atom is 0.342 e. The van der Waals surface area contributed by atoms with Crippen molar-refractivity contribution in [1.29, 1.82) is 0 Å². The molecular weight excluding hydrogens is 388 g/mol. The number of hydrogen-bond acceptors (Lipinski definition) is 5. The van der Waals surface area contributed by atoms with E-state index in [1.54, 1.807) is 13.8 Å². The Morgan fingerprint density at radius 3 is 2.66 bits per heavy atom. The topological polar surface area (TPSA) is 84.5 Å². The zero-order valence-corrected chi connectivity index (χ0v) is 17.9. The predicted octanol–water partition coefficient (Wildman–Crippen LogP) is 4.06. The normalized spacial score (nSPS) is 16.5. The molecule has 6 nitrogen and oxygen atoms in total. The molecule has 7 heteroatoms. The van der Waals surface area contributed by atoms with Crippen LogP contribution in [0.2, 0.25) is 0 Å². The largest absolute Gasteiger partial charge is 0.449 e. The van der Waals surface area contributed by atoms with E-state index in [1.807, 2.05) is 25.1 Å². The Bertz CT molecular complexity index is 950. The quantitative estimate of drug-likeness (QED) is 0.723. The number of carbonyl (C=O) groups is 3. The van der Waals surface area contributed by atoms with Crippen LogP contribution in [0.5, 0.6) is 0 Å². The van der Waals surface area contributed by atoms with Crippen molar-refractivity contribution in [2.45, 2.75) is 59.1 Å². The number of hydrogen-bond donors (Lipinski definition) is 2. The van der Waals surface area contributed by atoms with Gasteiger partial charge < -0.3 is 15.4 Å². The van der Waals surface area contributed by atoms with E-state index in [-0.39, 0.29) is 17.9 Å². The van der Waals surface area contributed by atoms with Crippen molar-refractivity contribution >= 4 is 34.1 Å². The number of carbonyl (C=O) groups excluding carboxylic acids is 3. The van der Waals surface area contributed by atoms with Gasteiger partial charge in [0.1, 0.15) is 5.00 Å². The van der Waals surface area contributed by atoms with Gasteiger partial charge in [-0.15, -0.1) is 11.3 Å². The van der Waals surface area contributed by atoms with Gasteiger partial charge in [0.05, 0.1) is 11.6 Å². The van der Waals surface area contributed by atoms with Crippen LogP contribution < -0.4 is 10.6 Å². The van der Waals surface area contributed by atoms with E-state index in [2.05, 4.69) is 16.7 Å². The Morgan fingerprint density at radius 1 is 1.21 bits per heavy atom. The predicted molar refractivity (Wildman–Crippen MR) is 113 cm³/mol. The zero-order valence-electron chi connectivity index (χ0n) is 17.1. The summed E-state index contributed by atoms with van der Waals surface area (Å²) in [6.07, 6.45) is 1.93. The second-order valence-corrected chi connectivity index (χ2v) is 8.59. The lowest BCUT2D eigenvalue weighted by Crippen LogP contribution is -2.39. The third-order valence-electron chi connectivity index (χ3n) is 5.22. The van der Waals surface area contributed by atoms with Crippen LogP contribution in [-0.4, -0.2) is 23.9 Å². The van der Waals surface area contributed by atoms with Crippen LogP contribution in [0.15, 0.2) is 24.3 Å². The molecule has 2 aromatic rings. The molecule has 0 radical (unpaired) electrons. The smallest absolute Gasteiger partial charge is 0.342 e. The molecular formula is C22H26N2O4S. The number of rotatable bonds is 5. The molecule has 1 aliphatic carbocycles. The van der Waals surface area contributed by atoms with Crippen LogP contribution >= 0.6 is 11.3 Å². The van der Waals surface area contributed by atoms with Gasteiger partial charge in [-0.25, -0.2) is 4.79 Å². The summed E-state index contributed by atoms with van der Waals surface area (Å²) in [5.74, 6) is -1.20. The highest BCUT2D eigenvalue weighted by atomic mass is 32.1. The summed E-state index contributed by atoms with van der Waals surface area (Å²) in [6.45, 7) is 6.63. The van der Waals surface area contributed by atoms with Crippen LogP contribution in [0.4, 0.5) is 5.00 Å². The second kappa shape index (κ2) is 8.78. The van der Waals surface area contributed by atoms with Gasteiger partial charge in [-0.1, -0.05) is 24.3 Å². The standard InChI is InChI=1S/C22H26N2O4S/c1-12-14(3)29-21(23-15(4)25)19(12)22(27)28-13(2)20(26)24-18-11-7-9-16-8-5-6-10-17(16)18/h5-6,8,10,13,18H,7,9,11H2,1-4H3,(H,23,25)(H,24,26)/t13-,18-/m1/s1. The van der Waals surface area contributed by atoms with E-state index in [1.165, 1.54) is 23.8 Å². The first-order chi connectivity index (χ1) is 13.8. The molecule has 0 spiro atoms. The molecule has 1 aliphatic rings. The maximum absolute atomic E-state index is 12.7. The SMILES string of the molecule is CC(=O)Nc1sc(C)c(C)c1C(=O)O[C@H](C)C(=O)N[C@@H]1CCCc2ccccc21. The fraction of sp³-hybridized carbons (Fsp3) is 0.409. The van der Waals surface area contributed by atoms with Crippen molar-refractivity contribution < 1.29 is 19.1 Å². The first kappa shape index (κ1) is 21.0. The highest BCUT2D eigenvalue weighted by Crippen LogP contribution is 2.33. The number of nitrogens with one attached hydrogen (secondary N) is 2. The molecule has 0 unspecified atom stereocenters. The zero-order chi connectivity index (χ0) is 21.1. The van der Waals surface area contributed by atoms with Crippen LogP contribution in [0.1, 0.15) is 64.7 Å². The van der Waals surface area contributed by atoms with Crippen LogP contribution in [0.25, 0.3) is 0 Å². The minimum absolute atomic E-state index is 0.0753. The summed E-state index contributed by atoms with van der Waals surface area (Å²) < 4.78 is 5.45. The minimum Gasteiger partial charge on any atom is -0.449 e. The van der Waals surface area contributed by atoms with Crippen molar-refractivity contribution in [1.82, 2.24) is 5.32 Å². The number of amides is 2. The van der Waals surface area contributed by atoms with Crippen molar-refractivity contribution in [3.8, 4) is 0 Å². The highest BCUT2D eigenvalue weighted by Gasteiger charge is 2.28. The average Bonchev–Trinajstić information content (AvgIpc) is 2.94. The molecule has 154 valence electrons. The van der Waals surface area contributed by atoms with Crippen molar-refractivity contribution in [3.63, 3.8) is 0 Å². The molecule has 2 atom stereocenters. The summed E-state index contributed by atoms with van der Waals surface area (Å²) >= 11 is 1.32. The molecule has 1 aromatic heterocycles. The molecule has 29 heavy (non-hydrogen) atoms. The Morgan fingerprint density at radius 2 is 1.93 bits per heavy atom. The summed E-state index contributed by atoms with van der Waals surface area (Å²) in [4.78, 5) is 37.8. The number of anilines is 1. The lowest BCUT2D eigenvalue weighted by molar-refractivity contribution is -0.130. The van der Waals surface area contributed by atoms with E-state index in [0.717, 1.165) is 35.3 Å². The fourth-order valence-electron chi connectivity index (χ4n) is 3.59. The van der Waals surface area contributed by atoms with E-state index < -0.39 is 12.1 Å². The van der Waals surface area contributed by atoms with Crippen molar-refractivity contribution in [3.05, 3.63) is 51.4 Å². The summed E-state index contributed by atoms with van der Waals surface area (Å²) in [7, 11) is 0. The van der Waals surface area contributed by atoms with Crippen LogP contribution in [0.3, 0.4) is 0 Å². The van der Waals surface area contributed by atoms with Gasteiger partial charge in [0, 0.05) is 11.8 Å². The Kier molecular flexibility index (Phi) is 6.37. The lowest BCUT2D eigenvalue weighted by Gasteiger charge is -2.27. The maximum atomic E-state index is 12.7. The molecule has 0 saturated heterocycles. The van der Waals surface area contributed by atoms with Crippen LogP contribution in [-0.2, 0) is 20.7 Å². The highest BCUT2D eigenvalue weighted by molar-refractivity contribution is 7.16. The molecule has 1 aromatic carbocycles. The number of fused-ring (bicyclic) bond motifs is 1. The van der Waals surface area contributed by atoms with E-state index >= 15 is 0 Å². The summed E-state index contributed by atoms with van der Waals surface area (Å²) in [6, 6.07) is 8.02. The molecule has 0 saturated carbocycles. The van der Waals surface area contributed by atoms with E-state index in [9.17, 15) is 14.4 Å². The number of aryl methyl sites for hydroxylation is 2. The third-order valence-corrected chi connectivity index (χ3v) is 6.34. The minimum atomic E-state index is -0.943. The molecule has 1 heterocycles. The third kappa shape index (κ3) is 4.67. The summed E-state index contributed by atoms with van der Waals surface area (Å²) in [5.41, 5.74) is 3.43. The molecule has 2 amide bonds. The number of ether oxygens (including phenoxy) is 1. The van der Waals surface area contributed by atoms with Crippen LogP contribution in [0, 0.1) is 13.8 Å². The molecule has 0 fully saturated rings. The van der Waals surface area contributed by atoms with Crippen molar-refractivity contribution in [2.75, 3.05) is 5.32 Å². The number of esters is 1. The van der Waals surface area contributed by atoms with Gasteiger partial charge in [-0.05, 0) is 56.7 Å². The Balaban J connectivity index is 1.69. The molecule has 2 N–H and O–H groups in total. The molecule has 0 aliphatic heterocycles. The van der Waals surface area contributed by atoms with E-state index in [0.29, 0.717) is 10.6 Å². The van der Waals surface area contributed by atoms with Gasteiger partial charge in [0.2, 0.25) is 5.91 Å². The molecule has 0 bridgehead atoms.